The highest BCUT2D eigenvalue weighted by Crippen LogP contribution is 2.19. The molecule has 2 rings (SSSR count). The maximum absolute atomic E-state index is 12.2. The molecule has 1 saturated heterocycles. The van der Waals surface area contributed by atoms with Crippen LogP contribution in [0.2, 0.25) is 0 Å². The molecule has 1 aromatic rings. The highest BCUT2D eigenvalue weighted by Gasteiger charge is 2.27. The van der Waals surface area contributed by atoms with Crippen LogP contribution in [0.1, 0.15) is 18.4 Å². The molecule has 0 atom stereocenters. The van der Waals surface area contributed by atoms with E-state index >= 15 is 0 Å². The van der Waals surface area contributed by atoms with Gasteiger partial charge in [-0.05, 0) is 24.6 Å². The second-order valence-corrected chi connectivity index (χ2v) is 7.73. The van der Waals surface area contributed by atoms with Crippen LogP contribution in [0, 0.1) is 12.8 Å². The zero-order valence-corrected chi connectivity index (χ0v) is 14.4. The lowest BCUT2D eigenvalue weighted by atomic mass is 9.96. The van der Waals surface area contributed by atoms with Gasteiger partial charge in [-0.15, -0.1) is 0 Å². The number of likely N-dealkylation sites (tertiary alicyclic amines) is 1. The van der Waals surface area contributed by atoms with Crippen LogP contribution in [-0.4, -0.2) is 39.9 Å². The number of carbonyl (C=O) groups excluding carboxylic acids is 2. The summed E-state index contributed by atoms with van der Waals surface area (Å²) < 4.78 is 22.8. The smallest absolute Gasteiger partial charge is 0.279 e. The third-order valence-electron chi connectivity index (χ3n) is 4.32. The Kier molecular flexibility index (Phi) is 5.58. The van der Waals surface area contributed by atoms with Gasteiger partial charge in [0.05, 0.1) is 18.0 Å². The predicted octanol–water partition coefficient (Wildman–Crippen LogP) is -1.64. The van der Waals surface area contributed by atoms with Crippen LogP contribution in [0.5, 0.6) is 0 Å². The minimum atomic E-state index is -3.82. The minimum absolute atomic E-state index is 0.0435. The Morgan fingerprint density at radius 2 is 1.92 bits per heavy atom. The maximum atomic E-state index is 12.2. The van der Waals surface area contributed by atoms with E-state index < -0.39 is 10.0 Å². The van der Waals surface area contributed by atoms with Gasteiger partial charge in [0.15, 0.2) is 6.54 Å². The summed E-state index contributed by atoms with van der Waals surface area (Å²) in [6.45, 7) is 3.44. The number of quaternary nitrogens is 1. The molecule has 0 saturated carbocycles. The molecule has 24 heavy (non-hydrogen) atoms. The van der Waals surface area contributed by atoms with Crippen molar-refractivity contribution in [2.24, 2.45) is 16.8 Å². The van der Waals surface area contributed by atoms with Gasteiger partial charge in [0, 0.05) is 24.4 Å². The zero-order chi connectivity index (χ0) is 17.9. The van der Waals surface area contributed by atoms with E-state index in [0.29, 0.717) is 31.6 Å². The summed E-state index contributed by atoms with van der Waals surface area (Å²) in [5, 5.41) is 7.84. The molecule has 1 fully saturated rings. The molecule has 1 heterocycles. The summed E-state index contributed by atoms with van der Waals surface area (Å²) in [4.78, 5) is 24.4. The third-order valence-corrected chi connectivity index (χ3v) is 5.23. The molecule has 1 aliphatic heterocycles. The van der Waals surface area contributed by atoms with Crippen LogP contribution in [0.4, 0.5) is 5.69 Å². The molecular formula is C15H23N4O4S+. The van der Waals surface area contributed by atoms with Gasteiger partial charge >= 0.3 is 0 Å². The Labute approximate surface area is 141 Å². The highest BCUT2D eigenvalue weighted by atomic mass is 32.2. The average molecular weight is 355 g/mol. The lowest BCUT2D eigenvalue weighted by Crippen LogP contribution is -3.14. The van der Waals surface area contributed by atoms with Crippen molar-refractivity contribution >= 4 is 27.5 Å². The van der Waals surface area contributed by atoms with E-state index in [1.165, 1.54) is 12.1 Å². The molecule has 0 unspecified atom stereocenters. The number of nitrogens with one attached hydrogen (secondary N) is 2. The van der Waals surface area contributed by atoms with Gasteiger partial charge in [-0.1, -0.05) is 6.07 Å². The number of aryl methyl sites for hydroxylation is 1. The second kappa shape index (κ2) is 7.29. The Morgan fingerprint density at radius 1 is 1.29 bits per heavy atom. The van der Waals surface area contributed by atoms with Gasteiger partial charge in [-0.3, -0.25) is 9.59 Å². The summed E-state index contributed by atoms with van der Waals surface area (Å²) >= 11 is 0. The number of rotatable bonds is 5. The number of hydrogen-bond acceptors (Lipinski definition) is 4. The molecule has 2 amide bonds. The molecule has 9 heteroatoms. The van der Waals surface area contributed by atoms with Crippen LogP contribution in [0.3, 0.4) is 0 Å². The lowest BCUT2D eigenvalue weighted by Gasteiger charge is -2.27. The van der Waals surface area contributed by atoms with Crippen molar-refractivity contribution < 1.29 is 22.9 Å². The van der Waals surface area contributed by atoms with Crippen molar-refractivity contribution in [3.63, 3.8) is 0 Å². The predicted molar refractivity (Wildman–Crippen MR) is 88.7 cm³/mol. The molecule has 0 bridgehead atoms. The van der Waals surface area contributed by atoms with E-state index in [1.807, 2.05) is 0 Å². The van der Waals surface area contributed by atoms with Crippen LogP contribution in [-0.2, 0) is 19.6 Å². The molecular weight excluding hydrogens is 332 g/mol. The maximum Gasteiger partial charge on any atom is 0.279 e. The molecule has 1 aliphatic rings. The van der Waals surface area contributed by atoms with Gasteiger partial charge < -0.3 is 16.0 Å². The molecule has 132 valence electrons. The van der Waals surface area contributed by atoms with E-state index in [2.05, 4.69) is 5.32 Å². The fourth-order valence-electron chi connectivity index (χ4n) is 2.82. The first-order valence-corrected chi connectivity index (χ1v) is 9.27. The van der Waals surface area contributed by atoms with Gasteiger partial charge in [0.25, 0.3) is 5.91 Å². The van der Waals surface area contributed by atoms with E-state index in [9.17, 15) is 18.0 Å². The number of amides is 2. The molecule has 8 nitrogen and oxygen atoms in total. The Hall–Kier alpha value is -1.97. The summed E-state index contributed by atoms with van der Waals surface area (Å²) in [5.74, 6) is -0.600. The third kappa shape index (κ3) is 4.76. The number of primary sulfonamides is 1. The second-order valence-electron chi connectivity index (χ2n) is 6.17. The number of benzene rings is 1. The number of nitrogens with two attached hydrogens (primary N) is 2. The van der Waals surface area contributed by atoms with Crippen molar-refractivity contribution in [2.75, 3.05) is 25.0 Å². The number of hydrogen-bond donors (Lipinski definition) is 4. The Bertz CT molecular complexity index is 740. The topological polar surface area (TPSA) is 137 Å². The van der Waals surface area contributed by atoms with Crippen molar-refractivity contribution in [2.45, 2.75) is 24.7 Å². The first-order chi connectivity index (χ1) is 11.2. The van der Waals surface area contributed by atoms with Gasteiger partial charge in [-0.25, -0.2) is 13.6 Å². The van der Waals surface area contributed by atoms with Crippen molar-refractivity contribution in [1.82, 2.24) is 0 Å². The van der Waals surface area contributed by atoms with Crippen molar-refractivity contribution in [1.29, 1.82) is 0 Å². The van der Waals surface area contributed by atoms with Crippen LogP contribution in [0.25, 0.3) is 0 Å². The summed E-state index contributed by atoms with van der Waals surface area (Å²) in [6.07, 6.45) is 1.36. The molecule has 0 spiro atoms. The van der Waals surface area contributed by atoms with E-state index in [0.717, 1.165) is 10.5 Å². The van der Waals surface area contributed by atoms with Crippen LogP contribution < -0.4 is 21.1 Å². The fraction of sp³-hybridized carbons (Fsp3) is 0.467. The summed E-state index contributed by atoms with van der Waals surface area (Å²) in [5.41, 5.74) is 6.47. The van der Waals surface area contributed by atoms with Crippen LogP contribution in [0.15, 0.2) is 23.1 Å². The van der Waals surface area contributed by atoms with E-state index in [-0.39, 0.29) is 29.2 Å². The zero-order valence-electron chi connectivity index (χ0n) is 13.5. The largest absolute Gasteiger partial charge is 0.369 e. The standard InChI is InChI=1S/C15H22N4O4S/c1-10-2-3-12(24(17,22)23)8-13(10)18-14(20)9-19-6-4-11(5-7-19)15(16)21/h2-3,8,11H,4-7,9H2,1H3,(H2,16,21)(H,18,20)(H2,17,22,23)/p+1. The molecule has 1 aromatic carbocycles. The first-order valence-electron chi connectivity index (χ1n) is 7.73. The lowest BCUT2D eigenvalue weighted by molar-refractivity contribution is -0.897. The average Bonchev–Trinajstić information content (AvgIpc) is 2.48. The monoisotopic (exact) mass is 355 g/mol. The molecule has 0 aromatic heterocycles. The highest BCUT2D eigenvalue weighted by molar-refractivity contribution is 7.89. The van der Waals surface area contributed by atoms with Gasteiger partial charge in [-0.2, -0.15) is 0 Å². The minimum Gasteiger partial charge on any atom is -0.369 e. The van der Waals surface area contributed by atoms with E-state index in [1.54, 1.807) is 13.0 Å². The number of piperidine rings is 1. The fourth-order valence-corrected chi connectivity index (χ4v) is 3.36. The Morgan fingerprint density at radius 3 is 2.46 bits per heavy atom. The van der Waals surface area contributed by atoms with Crippen molar-refractivity contribution in [3.8, 4) is 0 Å². The van der Waals surface area contributed by atoms with E-state index in [4.69, 9.17) is 10.9 Å². The number of primary amides is 1. The summed E-state index contributed by atoms with van der Waals surface area (Å²) in [6, 6.07) is 4.36. The normalized spacial score (nSPS) is 21.2. The summed E-state index contributed by atoms with van der Waals surface area (Å²) in [7, 11) is -3.82. The molecule has 6 N–H and O–H groups in total. The van der Waals surface area contributed by atoms with Crippen molar-refractivity contribution in [3.05, 3.63) is 23.8 Å². The van der Waals surface area contributed by atoms with Crippen LogP contribution >= 0.6 is 0 Å². The molecule has 0 aliphatic carbocycles. The number of anilines is 1. The Balaban J connectivity index is 1.97. The first kappa shape index (κ1) is 18.4. The molecule has 0 radical (unpaired) electrons. The van der Waals surface area contributed by atoms with Gasteiger partial charge in [0.2, 0.25) is 15.9 Å². The number of carbonyl (C=O) groups is 2. The van der Waals surface area contributed by atoms with Gasteiger partial charge in [0.1, 0.15) is 0 Å². The quantitative estimate of drug-likeness (QED) is 0.503. The number of sulfonamides is 1. The SMILES string of the molecule is Cc1ccc(S(N)(=O)=O)cc1NC(=O)C[NH+]1CCC(C(N)=O)CC1.